The van der Waals surface area contributed by atoms with Crippen molar-refractivity contribution in [3.05, 3.63) is 96.6 Å². The van der Waals surface area contributed by atoms with E-state index in [1.807, 2.05) is 73.7 Å². The van der Waals surface area contributed by atoms with Gasteiger partial charge in [-0.3, -0.25) is 24.0 Å². The molecule has 2 aliphatic rings. The van der Waals surface area contributed by atoms with E-state index in [4.69, 9.17) is 4.43 Å². The van der Waals surface area contributed by atoms with Gasteiger partial charge in [-0.1, -0.05) is 132 Å². The molecule has 11 heteroatoms. The predicted molar refractivity (Wildman–Crippen MR) is 222 cm³/mol. The first-order chi connectivity index (χ1) is 26.7. The molecule has 0 bridgehead atoms. The quantitative estimate of drug-likeness (QED) is 0.156. The smallest absolute Gasteiger partial charge is 0.262 e. The molecule has 2 heterocycles. The average molecular weight is 781 g/mol. The third kappa shape index (κ3) is 9.66. The lowest BCUT2D eigenvalue weighted by Gasteiger charge is -2.44. The van der Waals surface area contributed by atoms with Gasteiger partial charge in [0.2, 0.25) is 23.6 Å². The second-order valence-corrected chi connectivity index (χ2v) is 20.9. The summed E-state index contributed by atoms with van der Waals surface area (Å²) in [5.74, 6) is -1.55. The minimum Gasteiger partial charge on any atom is -0.398 e. The number of hydrogen-bond donors (Lipinski definition) is 3. The zero-order valence-corrected chi connectivity index (χ0v) is 34.9. The Bertz CT molecular complexity index is 1780. The molecule has 0 saturated carbocycles. The fraction of sp³-hybridized carbons (Fsp3) is 0.489. The van der Waals surface area contributed by atoms with Crippen LogP contribution in [0, 0.1) is 0 Å². The van der Waals surface area contributed by atoms with Crippen molar-refractivity contribution >= 4 is 48.1 Å². The van der Waals surface area contributed by atoms with Crippen molar-refractivity contribution in [3.8, 4) is 0 Å². The fourth-order valence-electron chi connectivity index (χ4n) is 8.12. The highest BCUT2D eigenvalue weighted by Gasteiger charge is 2.51. The molecule has 56 heavy (non-hydrogen) atoms. The Morgan fingerprint density at radius 1 is 0.839 bits per heavy atom. The Balaban J connectivity index is 1.25. The SMILES string of the molecule is CC[C@]1(C)NC(=O)[C@H](CCCCCC(=O)[C@@H](C)O[Si](c2ccccc2)(c2ccccc2)C(C)(C)C)NC(=O)[C@H]2CCCN2C(=O)[C@H](Cc2ccccc2)NC1=O. The zero-order chi connectivity index (χ0) is 40.5. The molecule has 300 valence electrons. The second-order valence-electron chi connectivity index (χ2n) is 16.6. The van der Waals surface area contributed by atoms with Crippen molar-refractivity contribution in [2.75, 3.05) is 6.54 Å². The van der Waals surface area contributed by atoms with Gasteiger partial charge in [0.25, 0.3) is 8.32 Å². The van der Waals surface area contributed by atoms with Gasteiger partial charge in [0.1, 0.15) is 29.8 Å². The number of Topliss-reactive ketones (excluding diaryl/α,β-unsaturated/α-hetero) is 1. The molecule has 5 rings (SSSR count). The summed E-state index contributed by atoms with van der Waals surface area (Å²) in [5, 5.41) is 10.8. The number of benzene rings is 3. The van der Waals surface area contributed by atoms with Gasteiger partial charge in [0.15, 0.2) is 5.78 Å². The van der Waals surface area contributed by atoms with Crippen LogP contribution in [-0.2, 0) is 34.8 Å². The molecule has 2 fully saturated rings. The van der Waals surface area contributed by atoms with Gasteiger partial charge in [-0.2, -0.15) is 0 Å². The van der Waals surface area contributed by atoms with Crippen molar-refractivity contribution in [3.63, 3.8) is 0 Å². The average Bonchev–Trinajstić information content (AvgIpc) is 3.69. The van der Waals surface area contributed by atoms with Crippen molar-refractivity contribution < 1.29 is 28.4 Å². The molecular weight excluding hydrogens is 721 g/mol. The van der Waals surface area contributed by atoms with Crippen LogP contribution in [0.5, 0.6) is 0 Å². The summed E-state index contributed by atoms with van der Waals surface area (Å²) in [6, 6.07) is 27.4. The number of carbonyl (C=O) groups excluding carboxylic acids is 5. The van der Waals surface area contributed by atoms with Crippen LogP contribution in [0.15, 0.2) is 91.0 Å². The summed E-state index contributed by atoms with van der Waals surface area (Å²) in [5.41, 5.74) is -0.435. The summed E-state index contributed by atoms with van der Waals surface area (Å²) in [4.78, 5) is 70.8. The van der Waals surface area contributed by atoms with E-state index in [9.17, 15) is 24.0 Å². The predicted octanol–water partition coefficient (Wildman–Crippen LogP) is 4.97. The Kier molecular flexibility index (Phi) is 14.1. The monoisotopic (exact) mass is 780 g/mol. The molecule has 0 aromatic heterocycles. The second kappa shape index (κ2) is 18.6. The van der Waals surface area contributed by atoms with E-state index in [2.05, 4.69) is 61.0 Å². The highest BCUT2D eigenvalue weighted by atomic mass is 28.4. The number of nitrogens with one attached hydrogen (secondary N) is 3. The molecule has 2 aliphatic heterocycles. The third-order valence-electron chi connectivity index (χ3n) is 11.6. The van der Waals surface area contributed by atoms with Gasteiger partial charge in [0, 0.05) is 19.4 Å². The molecule has 0 spiro atoms. The number of unbranched alkanes of at least 4 members (excludes halogenated alkanes) is 2. The Labute approximate surface area is 333 Å². The van der Waals surface area contributed by atoms with Crippen LogP contribution in [0.1, 0.15) is 98.5 Å². The zero-order valence-electron chi connectivity index (χ0n) is 33.9. The van der Waals surface area contributed by atoms with Crippen LogP contribution in [-0.4, -0.2) is 78.9 Å². The Morgan fingerprint density at radius 3 is 2.00 bits per heavy atom. The molecule has 10 nitrogen and oxygen atoms in total. The Morgan fingerprint density at radius 2 is 1.43 bits per heavy atom. The topological polar surface area (TPSA) is 134 Å². The van der Waals surface area contributed by atoms with Crippen LogP contribution < -0.4 is 26.3 Å². The van der Waals surface area contributed by atoms with E-state index in [-0.39, 0.29) is 35.5 Å². The molecule has 3 aromatic carbocycles. The van der Waals surface area contributed by atoms with Gasteiger partial charge < -0.3 is 25.3 Å². The van der Waals surface area contributed by atoms with Crippen molar-refractivity contribution in [1.29, 1.82) is 0 Å². The maximum absolute atomic E-state index is 14.0. The van der Waals surface area contributed by atoms with Gasteiger partial charge in [-0.25, -0.2) is 0 Å². The molecule has 4 amide bonds. The van der Waals surface area contributed by atoms with E-state index in [0.29, 0.717) is 51.5 Å². The molecule has 5 atom stereocenters. The number of rotatable bonds is 14. The summed E-state index contributed by atoms with van der Waals surface area (Å²) >= 11 is 0. The third-order valence-corrected chi connectivity index (χ3v) is 16.7. The van der Waals surface area contributed by atoms with Crippen LogP contribution in [0.4, 0.5) is 0 Å². The number of nitrogens with zero attached hydrogens (tertiary/aromatic N) is 1. The van der Waals surface area contributed by atoms with Gasteiger partial charge in [-0.15, -0.1) is 0 Å². The van der Waals surface area contributed by atoms with Crippen LogP contribution in [0.2, 0.25) is 5.04 Å². The molecule has 0 radical (unpaired) electrons. The maximum atomic E-state index is 14.0. The first-order valence-corrected chi connectivity index (χ1v) is 22.2. The number of carbonyl (C=O) groups is 5. The summed E-state index contributed by atoms with van der Waals surface area (Å²) < 4.78 is 7.03. The van der Waals surface area contributed by atoms with E-state index in [0.717, 1.165) is 15.9 Å². The van der Waals surface area contributed by atoms with Gasteiger partial charge in [-0.05, 0) is 66.9 Å². The lowest BCUT2D eigenvalue weighted by molar-refractivity contribution is -0.144. The van der Waals surface area contributed by atoms with E-state index in [1.54, 1.807) is 18.7 Å². The van der Waals surface area contributed by atoms with E-state index < -0.39 is 49.9 Å². The molecule has 0 unspecified atom stereocenters. The summed E-state index contributed by atoms with van der Waals surface area (Å²) in [6.45, 7) is 12.3. The van der Waals surface area contributed by atoms with Gasteiger partial charge >= 0.3 is 0 Å². The number of amides is 4. The fourth-order valence-corrected chi connectivity index (χ4v) is 12.8. The van der Waals surface area contributed by atoms with Crippen molar-refractivity contribution in [2.24, 2.45) is 0 Å². The summed E-state index contributed by atoms with van der Waals surface area (Å²) in [7, 11) is -2.90. The highest BCUT2D eigenvalue weighted by Crippen LogP contribution is 2.37. The standard InChI is InChI=1S/C45H60N4O6Si/c1-7-45(6)43(54)47-37(31-33-21-12-8-13-22-33)42(53)49-30-20-28-38(49)41(52)46-36(40(51)48-45)27-18-11-19-29-39(50)32(2)55-56(44(3,4)5,34-23-14-9-15-24-34)35-25-16-10-17-26-35/h8-10,12-17,21-26,32,36-38H,7,11,18-20,27-31H2,1-6H3,(H,46,52)(H,47,54)(H,48,51)/t32-,36+,37+,38-,45+/m1/s1. The first-order valence-electron chi connectivity index (χ1n) is 20.3. The minimum absolute atomic E-state index is 0.0244. The van der Waals surface area contributed by atoms with Crippen LogP contribution >= 0.6 is 0 Å². The van der Waals surface area contributed by atoms with Crippen LogP contribution in [0.25, 0.3) is 0 Å². The number of fused-ring (bicyclic) bond motifs is 1. The van der Waals surface area contributed by atoms with E-state index in [1.165, 1.54) is 0 Å². The lowest BCUT2D eigenvalue weighted by Crippen LogP contribution is -2.68. The normalized spacial score (nSPS) is 22.9. The maximum Gasteiger partial charge on any atom is 0.262 e. The minimum atomic E-state index is -2.90. The van der Waals surface area contributed by atoms with Crippen molar-refractivity contribution in [2.45, 2.75) is 134 Å². The number of hydrogen-bond acceptors (Lipinski definition) is 6. The Hall–Kier alpha value is -4.61. The van der Waals surface area contributed by atoms with Crippen LogP contribution in [0.3, 0.4) is 0 Å². The largest absolute Gasteiger partial charge is 0.398 e. The highest BCUT2D eigenvalue weighted by molar-refractivity contribution is 6.99. The van der Waals surface area contributed by atoms with E-state index >= 15 is 0 Å². The molecule has 3 aromatic rings. The van der Waals surface area contributed by atoms with Crippen molar-refractivity contribution in [1.82, 2.24) is 20.9 Å². The lowest BCUT2D eigenvalue weighted by atomic mass is 9.94. The first kappa shape index (κ1) is 42.5. The summed E-state index contributed by atoms with van der Waals surface area (Å²) in [6.07, 6.45) is 3.48. The number of ketones is 1. The molecule has 3 N–H and O–H groups in total. The molecule has 2 saturated heterocycles. The van der Waals surface area contributed by atoms with Gasteiger partial charge in [0.05, 0.1) is 0 Å². The molecular formula is C45H60N4O6Si. The molecule has 0 aliphatic carbocycles.